The first kappa shape index (κ1) is 19.2. The molecule has 0 fully saturated rings. The van der Waals surface area contributed by atoms with Crippen LogP contribution in [0.25, 0.3) is 0 Å². The van der Waals surface area contributed by atoms with Crippen LogP contribution in [0.3, 0.4) is 0 Å². The van der Waals surface area contributed by atoms with Crippen LogP contribution in [0.2, 0.25) is 0 Å². The summed E-state index contributed by atoms with van der Waals surface area (Å²) >= 11 is 0. The van der Waals surface area contributed by atoms with E-state index < -0.39 is 5.82 Å². The van der Waals surface area contributed by atoms with Gasteiger partial charge in [-0.25, -0.2) is 4.39 Å². The Hall–Kier alpha value is -3.74. The molecule has 0 spiro atoms. The molecule has 0 radical (unpaired) electrons. The molecule has 5 rings (SSSR count). The quantitative estimate of drug-likeness (QED) is 0.661. The number of anilines is 1. The van der Waals surface area contributed by atoms with Crippen molar-refractivity contribution in [2.45, 2.75) is 13.0 Å². The zero-order valence-electron chi connectivity index (χ0n) is 16.9. The maximum Gasteiger partial charge on any atom is 0.231 e. The summed E-state index contributed by atoms with van der Waals surface area (Å²) in [6, 6.07) is 14.2. The third kappa shape index (κ3) is 3.52. The number of hydrogen-bond acceptors (Lipinski definition) is 6. The lowest BCUT2D eigenvalue weighted by Gasteiger charge is -2.13. The van der Waals surface area contributed by atoms with Crippen molar-refractivity contribution >= 4 is 11.5 Å². The van der Waals surface area contributed by atoms with Crippen LogP contribution in [0.1, 0.15) is 27.0 Å². The minimum atomic E-state index is -0.478. The van der Waals surface area contributed by atoms with Crippen molar-refractivity contribution in [1.82, 2.24) is 0 Å². The maximum atomic E-state index is 15.2. The van der Waals surface area contributed by atoms with Crippen molar-refractivity contribution in [2.24, 2.45) is 0 Å². The number of halogens is 1. The van der Waals surface area contributed by atoms with Crippen LogP contribution < -0.4 is 24.3 Å². The van der Waals surface area contributed by atoms with E-state index in [2.05, 4.69) is 5.32 Å². The van der Waals surface area contributed by atoms with Gasteiger partial charge in [-0.3, -0.25) is 4.79 Å². The molecule has 2 aliphatic rings. The first-order chi connectivity index (χ1) is 15.1. The van der Waals surface area contributed by atoms with E-state index in [1.165, 1.54) is 0 Å². The van der Waals surface area contributed by atoms with Gasteiger partial charge in [0, 0.05) is 23.7 Å². The predicted molar refractivity (Wildman–Crippen MR) is 112 cm³/mol. The molecule has 0 saturated heterocycles. The van der Waals surface area contributed by atoms with Gasteiger partial charge in [-0.2, -0.15) is 0 Å². The topological polar surface area (TPSA) is 66.0 Å². The number of benzene rings is 3. The molecule has 1 N–H and O–H groups in total. The minimum absolute atomic E-state index is 0.0481. The number of ketones is 1. The van der Waals surface area contributed by atoms with E-state index in [0.717, 1.165) is 11.3 Å². The molecule has 31 heavy (non-hydrogen) atoms. The zero-order chi connectivity index (χ0) is 21.4. The second kappa shape index (κ2) is 7.83. The molecular formula is C24H20FNO5. The van der Waals surface area contributed by atoms with Crippen LogP contribution in [0.5, 0.6) is 23.0 Å². The van der Waals surface area contributed by atoms with Crippen molar-refractivity contribution in [2.75, 3.05) is 25.8 Å². The fraction of sp³-hybridized carbons (Fsp3) is 0.208. The molecule has 2 aliphatic heterocycles. The number of fused-ring (bicyclic) bond motifs is 3. The van der Waals surface area contributed by atoms with Crippen molar-refractivity contribution in [3.05, 3.63) is 76.6 Å². The number of carbonyl (C=O) groups excluding carboxylic acids is 1. The van der Waals surface area contributed by atoms with E-state index in [-0.39, 0.29) is 30.3 Å². The summed E-state index contributed by atoms with van der Waals surface area (Å²) in [4.78, 5) is 13.1. The van der Waals surface area contributed by atoms with Gasteiger partial charge >= 0.3 is 0 Å². The van der Waals surface area contributed by atoms with E-state index in [1.807, 2.05) is 24.3 Å². The third-order valence-electron chi connectivity index (χ3n) is 5.47. The van der Waals surface area contributed by atoms with E-state index in [4.69, 9.17) is 18.9 Å². The highest BCUT2D eigenvalue weighted by molar-refractivity contribution is 6.12. The van der Waals surface area contributed by atoms with Crippen molar-refractivity contribution in [1.29, 1.82) is 0 Å². The highest BCUT2D eigenvalue weighted by atomic mass is 19.1. The van der Waals surface area contributed by atoms with Crippen LogP contribution in [-0.2, 0) is 13.0 Å². The van der Waals surface area contributed by atoms with Gasteiger partial charge in [0.15, 0.2) is 23.1 Å². The van der Waals surface area contributed by atoms with Crippen LogP contribution in [0, 0.1) is 5.82 Å². The molecule has 158 valence electrons. The molecule has 0 aliphatic carbocycles. The fourth-order valence-corrected chi connectivity index (χ4v) is 3.76. The minimum Gasteiger partial charge on any atom is -0.497 e. The Kier molecular flexibility index (Phi) is 4.86. The Morgan fingerprint density at radius 3 is 2.52 bits per heavy atom. The molecule has 0 aromatic heterocycles. The van der Waals surface area contributed by atoms with Gasteiger partial charge in [0.05, 0.1) is 18.4 Å². The highest BCUT2D eigenvalue weighted by Crippen LogP contribution is 2.41. The zero-order valence-corrected chi connectivity index (χ0v) is 16.9. The van der Waals surface area contributed by atoms with Crippen molar-refractivity contribution in [3.63, 3.8) is 0 Å². The summed E-state index contributed by atoms with van der Waals surface area (Å²) in [7, 11) is 1.62. The average molecular weight is 421 g/mol. The van der Waals surface area contributed by atoms with Gasteiger partial charge in [0.25, 0.3) is 0 Å². The Morgan fingerprint density at radius 2 is 1.74 bits per heavy atom. The fourth-order valence-electron chi connectivity index (χ4n) is 3.76. The first-order valence-electron chi connectivity index (χ1n) is 9.93. The summed E-state index contributed by atoms with van der Waals surface area (Å²) in [5, 5.41) is 3.12. The lowest BCUT2D eigenvalue weighted by molar-refractivity contribution is 0.103. The second-order valence-electron chi connectivity index (χ2n) is 7.30. The Bertz CT molecular complexity index is 1160. The lowest BCUT2D eigenvalue weighted by Crippen LogP contribution is -2.11. The lowest BCUT2D eigenvalue weighted by atomic mass is 9.97. The molecular weight excluding hydrogens is 401 g/mol. The van der Waals surface area contributed by atoms with E-state index in [9.17, 15) is 4.79 Å². The Morgan fingerprint density at radius 1 is 0.968 bits per heavy atom. The summed E-state index contributed by atoms with van der Waals surface area (Å²) in [6.07, 6.45) is 0.715. The Balaban J connectivity index is 1.35. The number of carbonyl (C=O) groups is 1. The first-order valence-corrected chi connectivity index (χ1v) is 9.93. The van der Waals surface area contributed by atoms with Gasteiger partial charge in [0.1, 0.15) is 18.1 Å². The molecule has 2 heterocycles. The number of hydrogen-bond donors (Lipinski definition) is 1. The van der Waals surface area contributed by atoms with Crippen LogP contribution in [-0.4, -0.2) is 26.2 Å². The Labute approximate surface area is 178 Å². The number of rotatable bonds is 5. The molecule has 0 unspecified atom stereocenters. The number of ether oxygens (including phenoxy) is 4. The molecule has 0 atom stereocenters. The molecule has 0 saturated carbocycles. The van der Waals surface area contributed by atoms with Crippen LogP contribution in [0.15, 0.2) is 48.5 Å². The average Bonchev–Trinajstić information content (AvgIpc) is 3.20. The smallest absolute Gasteiger partial charge is 0.231 e. The van der Waals surface area contributed by atoms with Gasteiger partial charge in [-0.15, -0.1) is 0 Å². The van der Waals surface area contributed by atoms with Crippen molar-refractivity contribution in [3.8, 4) is 23.0 Å². The molecule has 3 aromatic rings. The largest absolute Gasteiger partial charge is 0.497 e. The summed E-state index contributed by atoms with van der Waals surface area (Å²) < 4.78 is 36.9. The summed E-state index contributed by atoms with van der Waals surface area (Å²) in [5.41, 5.74) is 2.30. The van der Waals surface area contributed by atoms with Gasteiger partial charge < -0.3 is 24.3 Å². The molecule has 0 amide bonds. The highest BCUT2D eigenvalue weighted by Gasteiger charge is 2.29. The van der Waals surface area contributed by atoms with Gasteiger partial charge in [-0.05, 0) is 42.3 Å². The van der Waals surface area contributed by atoms with Gasteiger partial charge in [-0.1, -0.05) is 12.1 Å². The normalized spacial score (nSPS) is 13.7. The standard InChI is InChI=1S/C24H20FNO5/c1-28-15-4-2-14(3-5-15)8-9-26-19-7-6-16-18(23(19)25)12-29-20-11-22-21(30-13-31-22)10-17(20)24(16)27/h2-7,10-11,26H,8-9,12-13H2,1H3. The third-order valence-corrected chi connectivity index (χ3v) is 5.47. The van der Waals surface area contributed by atoms with E-state index >= 15 is 4.39 Å². The predicted octanol–water partition coefficient (Wildman–Crippen LogP) is 4.34. The maximum absolute atomic E-state index is 15.2. The van der Waals surface area contributed by atoms with Crippen molar-refractivity contribution < 1.29 is 28.1 Å². The molecule has 7 heteroatoms. The van der Waals surface area contributed by atoms with Crippen LogP contribution in [0.4, 0.5) is 10.1 Å². The molecule has 6 nitrogen and oxygen atoms in total. The summed E-state index contributed by atoms with van der Waals surface area (Å²) in [5.74, 6) is 1.37. The monoisotopic (exact) mass is 421 g/mol. The SMILES string of the molecule is COc1ccc(CCNc2ccc3c(c2F)COc2cc4c(cc2C3=O)OCO4)cc1. The summed E-state index contributed by atoms with van der Waals surface area (Å²) in [6.45, 7) is 0.592. The number of methoxy groups -OCH3 is 1. The van der Waals surface area contributed by atoms with Crippen LogP contribution >= 0.6 is 0 Å². The van der Waals surface area contributed by atoms with E-state index in [0.29, 0.717) is 41.5 Å². The van der Waals surface area contributed by atoms with E-state index in [1.54, 1.807) is 31.4 Å². The second-order valence-corrected chi connectivity index (χ2v) is 7.30. The van der Waals surface area contributed by atoms with Gasteiger partial charge in [0.2, 0.25) is 6.79 Å². The number of nitrogens with one attached hydrogen (secondary N) is 1. The molecule has 3 aromatic carbocycles. The molecule has 0 bridgehead atoms.